The zero-order chi connectivity index (χ0) is 39.3. The number of imidazole rings is 1. The first-order valence-corrected chi connectivity index (χ1v) is 25.9. The molecule has 2 aliphatic heterocycles. The first-order valence-electron chi connectivity index (χ1n) is 18.5. The summed E-state index contributed by atoms with van der Waals surface area (Å²) in [6.07, 6.45) is -0.944. The Morgan fingerprint density at radius 1 is 0.907 bits per heavy atom. The second kappa shape index (κ2) is 15.5. The van der Waals surface area contributed by atoms with E-state index in [0.717, 1.165) is 22.7 Å². The molecule has 0 unspecified atom stereocenters. The molecule has 4 heterocycles. The molecule has 54 heavy (non-hydrogen) atoms. The Morgan fingerprint density at radius 3 is 2.07 bits per heavy atom. The molecule has 2 aromatic heterocycles. The lowest BCUT2D eigenvalue weighted by molar-refractivity contribution is -0.0660. The second-order valence-electron chi connectivity index (χ2n) is 17.4. The number of aromatic nitrogens is 3. The third-order valence-electron chi connectivity index (χ3n) is 10.2. The highest BCUT2D eigenvalue weighted by Gasteiger charge is 2.64. The van der Waals surface area contributed by atoms with Crippen LogP contribution in [-0.2, 0) is 38.7 Å². The first kappa shape index (κ1) is 41.2. The van der Waals surface area contributed by atoms with Crippen molar-refractivity contribution in [1.82, 2.24) is 14.5 Å². The molecule has 2 saturated heterocycles. The van der Waals surface area contributed by atoms with E-state index in [1.165, 1.54) is 14.2 Å². The molecule has 2 fully saturated rings. The average molecular weight is 816 g/mol. The lowest BCUT2D eigenvalue weighted by Crippen LogP contribution is -2.65. The summed E-state index contributed by atoms with van der Waals surface area (Å²) in [5.41, 5.74) is 4.57. The SMILES string of the molecule is COP(=O)(OC)c1ccc(-c2ccc(-c3nc4nc(O[C@@H]5CO[C@H]6CO[Si](C(C)(C)C)(C(C)(C)C)O[C@@H]65)n(COCC[Si](C)(C)C)c4cc3Cl)cc2)cc1. The normalized spacial score (nSPS) is 20.7. The minimum absolute atomic E-state index is 0.180. The summed E-state index contributed by atoms with van der Waals surface area (Å²) in [6.45, 7) is 21.9. The quantitative estimate of drug-likeness (QED) is 0.0779. The van der Waals surface area contributed by atoms with Crippen molar-refractivity contribution >= 4 is 52.3 Å². The highest BCUT2D eigenvalue weighted by atomic mass is 35.5. The van der Waals surface area contributed by atoms with Crippen molar-refractivity contribution in [3.63, 3.8) is 0 Å². The molecule has 0 N–H and O–H groups in total. The van der Waals surface area contributed by atoms with Crippen LogP contribution in [0.2, 0.25) is 40.8 Å². The molecular formula is C39H55ClN3O8PSi2. The Morgan fingerprint density at radius 2 is 1.50 bits per heavy atom. The predicted molar refractivity (Wildman–Crippen MR) is 219 cm³/mol. The van der Waals surface area contributed by atoms with Gasteiger partial charge in [-0.25, -0.2) is 4.98 Å². The molecular weight excluding hydrogens is 761 g/mol. The van der Waals surface area contributed by atoms with E-state index in [2.05, 4.69) is 61.2 Å². The van der Waals surface area contributed by atoms with Crippen LogP contribution in [0, 0.1) is 0 Å². The maximum atomic E-state index is 12.8. The van der Waals surface area contributed by atoms with E-state index >= 15 is 0 Å². The van der Waals surface area contributed by atoms with Gasteiger partial charge in [-0.15, -0.1) is 0 Å². The second-order valence-corrected chi connectivity index (χ2v) is 30.4. The van der Waals surface area contributed by atoms with Crippen LogP contribution < -0.4 is 10.0 Å². The number of hydrogen-bond donors (Lipinski definition) is 0. The third kappa shape index (κ3) is 8.18. The van der Waals surface area contributed by atoms with Crippen molar-refractivity contribution in [3.8, 4) is 28.4 Å². The summed E-state index contributed by atoms with van der Waals surface area (Å²) in [6, 6.07) is 18.6. The van der Waals surface area contributed by atoms with E-state index in [0.29, 0.717) is 53.0 Å². The lowest BCUT2D eigenvalue weighted by Gasteiger charge is -2.53. The van der Waals surface area contributed by atoms with Crippen molar-refractivity contribution in [1.29, 1.82) is 0 Å². The van der Waals surface area contributed by atoms with Crippen LogP contribution in [0.25, 0.3) is 33.5 Å². The van der Waals surface area contributed by atoms with Gasteiger partial charge >= 0.3 is 22.2 Å². The minimum Gasteiger partial charge on any atom is -0.456 e. The number of benzene rings is 2. The van der Waals surface area contributed by atoms with Crippen molar-refractivity contribution in [2.24, 2.45) is 0 Å². The Balaban J connectivity index is 1.30. The zero-order valence-corrected chi connectivity index (χ0v) is 37.0. The molecule has 11 nitrogen and oxygen atoms in total. The number of halogens is 1. The smallest absolute Gasteiger partial charge is 0.360 e. The third-order valence-corrected chi connectivity index (χ3v) is 19.2. The summed E-state index contributed by atoms with van der Waals surface area (Å²) in [5, 5.41) is 0.612. The van der Waals surface area contributed by atoms with Crippen molar-refractivity contribution in [3.05, 3.63) is 59.6 Å². The van der Waals surface area contributed by atoms with Gasteiger partial charge in [-0.3, -0.25) is 9.13 Å². The largest absolute Gasteiger partial charge is 0.456 e. The van der Waals surface area contributed by atoms with Gasteiger partial charge in [0, 0.05) is 44.5 Å². The van der Waals surface area contributed by atoms with Crippen molar-refractivity contribution < 1.29 is 36.7 Å². The van der Waals surface area contributed by atoms with Gasteiger partial charge in [0.25, 0.3) is 0 Å². The van der Waals surface area contributed by atoms with Gasteiger partial charge in [-0.05, 0) is 35.4 Å². The minimum atomic E-state index is -3.33. The van der Waals surface area contributed by atoms with Crippen LogP contribution in [0.5, 0.6) is 6.01 Å². The van der Waals surface area contributed by atoms with E-state index in [4.69, 9.17) is 53.7 Å². The van der Waals surface area contributed by atoms with Gasteiger partial charge in [0.1, 0.15) is 18.9 Å². The van der Waals surface area contributed by atoms with Gasteiger partial charge in [-0.2, -0.15) is 4.98 Å². The van der Waals surface area contributed by atoms with Gasteiger partial charge < -0.3 is 32.1 Å². The molecule has 2 aromatic carbocycles. The van der Waals surface area contributed by atoms with Crippen molar-refractivity contribution in [2.45, 2.75) is 102 Å². The van der Waals surface area contributed by atoms with Crippen LogP contribution in [0.4, 0.5) is 0 Å². The molecule has 0 radical (unpaired) electrons. The van der Waals surface area contributed by atoms with Gasteiger partial charge in [0.15, 0.2) is 11.8 Å². The number of hydrogen-bond acceptors (Lipinski definition) is 10. The molecule has 0 saturated carbocycles. The highest BCUT2D eigenvalue weighted by Crippen LogP contribution is 2.55. The van der Waals surface area contributed by atoms with E-state index < -0.39 is 30.3 Å². The van der Waals surface area contributed by atoms with E-state index in [1.807, 2.05) is 47.0 Å². The molecule has 6 rings (SSSR count). The molecule has 0 spiro atoms. The fraction of sp³-hybridized carbons (Fsp3) is 0.538. The summed E-state index contributed by atoms with van der Waals surface area (Å²) in [4.78, 5) is 9.91. The van der Waals surface area contributed by atoms with Gasteiger partial charge in [0.05, 0.1) is 34.8 Å². The zero-order valence-electron chi connectivity index (χ0n) is 33.4. The van der Waals surface area contributed by atoms with Crippen LogP contribution in [0.15, 0.2) is 54.6 Å². The Labute approximate surface area is 326 Å². The molecule has 0 bridgehead atoms. The maximum Gasteiger partial charge on any atom is 0.360 e. The molecule has 4 aromatic rings. The van der Waals surface area contributed by atoms with Crippen LogP contribution >= 0.6 is 19.2 Å². The van der Waals surface area contributed by atoms with E-state index in [-0.39, 0.29) is 29.0 Å². The molecule has 3 atom stereocenters. The number of fused-ring (bicyclic) bond motifs is 2. The average Bonchev–Trinajstić information content (AvgIpc) is 3.67. The van der Waals surface area contributed by atoms with Crippen LogP contribution in [0.1, 0.15) is 41.5 Å². The molecule has 2 aliphatic rings. The summed E-state index contributed by atoms with van der Waals surface area (Å²) in [5.74, 6) is 0. The molecule has 15 heteroatoms. The van der Waals surface area contributed by atoms with Crippen LogP contribution in [-0.4, -0.2) is 83.5 Å². The maximum absolute atomic E-state index is 12.8. The first-order chi connectivity index (χ1) is 25.3. The number of nitrogens with zero attached hydrogens (tertiary/aromatic N) is 3. The van der Waals surface area contributed by atoms with Crippen LogP contribution in [0.3, 0.4) is 0 Å². The fourth-order valence-electron chi connectivity index (χ4n) is 7.41. The monoisotopic (exact) mass is 815 g/mol. The summed E-state index contributed by atoms with van der Waals surface area (Å²) >= 11 is 6.98. The lowest BCUT2D eigenvalue weighted by atomic mass is 10.0. The van der Waals surface area contributed by atoms with Crippen molar-refractivity contribution in [2.75, 3.05) is 34.0 Å². The topological polar surface area (TPSA) is 112 Å². The Bertz CT molecular complexity index is 1970. The fourth-order valence-corrected chi connectivity index (χ4v) is 14.5. The summed E-state index contributed by atoms with van der Waals surface area (Å²) < 4.78 is 57.9. The van der Waals surface area contributed by atoms with Gasteiger partial charge in [0.2, 0.25) is 0 Å². The number of ether oxygens (including phenoxy) is 3. The molecule has 294 valence electrons. The molecule has 0 aliphatic carbocycles. The Hall–Kier alpha value is -2.43. The highest BCUT2D eigenvalue weighted by molar-refractivity contribution is 7.62. The van der Waals surface area contributed by atoms with Gasteiger partial charge in [-0.1, -0.05) is 109 Å². The Kier molecular flexibility index (Phi) is 11.8. The molecule has 0 amide bonds. The number of rotatable bonds is 12. The predicted octanol–water partition coefficient (Wildman–Crippen LogP) is 9.45. The van der Waals surface area contributed by atoms with E-state index in [1.54, 1.807) is 12.1 Å². The standard InChI is InChI=1S/C39H55ClN3O8PSi2/c1-38(2,3)54(39(4,5)6)49-24-32-35(51-54)33(23-48-32)50-37-42-36-31(43(37)25-47-20-21-53(9,10)11)22-30(40)34(41-36)28-14-12-26(13-15-28)27-16-18-29(19-17-27)52(44,45-7)46-8/h12-19,22,32-33,35H,20-21,23-25H2,1-11H3/t32-,33+,35-/m0/s1. The number of pyridine rings is 1. The van der Waals surface area contributed by atoms with E-state index in [9.17, 15) is 4.57 Å². The summed E-state index contributed by atoms with van der Waals surface area (Å²) in [7, 11) is -4.66.